The van der Waals surface area contributed by atoms with Gasteiger partial charge in [0.1, 0.15) is 0 Å². The number of rotatable bonds is 5. The number of likely N-dealkylation sites (tertiary alicyclic amines) is 1. The smallest absolute Gasteiger partial charge is 0.223 e. The topological polar surface area (TPSA) is 44.4 Å². The number of nitrogens with one attached hydrogen (secondary N) is 2. The van der Waals surface area contributed by atoms with E-state index in [4.69, 9.17) is 0 Å². The van der Waals surface area contributed by atoms with Gasteiger partial charge in [-0.1, -0.05) is 37.1 Å². The number of amides is 1. The quantitative estimate of drug-likeness (QED) is 0.864. The van der Waals surface area contributed by atoms with Gasteiger partial charge in [-0.2, -0.15) is 0 Å². The van der Waals surface area contributed by atoms with Crippen molar-refractivity contribution in [2.24, 2.45) is 5.92 Å². The molecule has 0 spiro atoms. The summed E-state index contributed by atoms with van der Waals surface area (Å²) in [6.07, 6.45) is 7.32. The Labute approximate surface area is 152 Å². The monoisotopic (exact) mass is 343 g/mol. The lowest BCUT2D eigenvalue weighted by Crippen LogP contribution is -2.42. The predicted octanol–water partition coefficient (Wildman–Crippen LogP) is 3.07. The van der Waals surface area contributed by atoms with Crippen molar-refractivity contribution < 1.29 is 4.79 Å². The van der Waals surface area contributed by atoms with Crippen molar-refractivity contribution in [1.82, 2.24) is 15.5 Å². The molecule has 0 unspecified atom stereocenters. The molecule has 2 N–H and O–H groups in total. The van der Waals surface area contributed by atoms with Gasteiger partial charge in [-0.15, -0.1) is 0 Å². The molecule has 25 heavy (non-hydrogen) atoms. The van der Waals surface area contributed by atoms with Gasteiger partial charge in [0.2, 0.25) is 5.91 Å². The minimum Gasteiger partial charge on any atom is -0.352 e. The number of nitrogens with zero attached hydrogens (tertiary/aromatic N) is 1. The maximum absolute atomic E-state index is 12.3. The highest BCUT2D eigenvalue weighted by Gasteiger charge is 2.24. The first-order valence-corrected chi connectivity index (χ1v) is 10.0. The zero-order chi connectivity index (χ0) is 17.5. The Morgan fingerprint density at radius 2 is 1.80 bits per heavy atom. The van der Waals surface area contributed by atoms with Crippen LogP contribution in [0.25, 0.3) is 0 Å². The normalized spacial score (nSPS) is 25.3. The maximum atomic E-state index is 12.3. The lowest BCUT2D eigenvalue weighted by Gasteiger charge is -2.27. The molecule has 0 radical (unpaired) electrons. The summed E-state index contributed by atoms with van der Waals surface area (Å²) in [4.78, 5) is 14.9. The zero-order valence-electron chi connectivity index (χ0n) is 15.6. The summed E-state index contributed by atoms with van der Waals surface area (Å²) in [5.41, 5.74) is 2.57. The molecule has 1 amide bonds. The maximum Gasteiger partial charge on any atom is 0.223 e. The second-order valence-electron chi connectivity index (χ2n) is 7.80. The van der Waals surface area contributed by atoms with Crippen LogP contribution in [0.2, 0.25) is 0 Å². The number of piperidine rings is 1. The lowest BCUT2D eigenvalue weighted by atomic mass is 9.92. The molecule has 0 aromatic heterocycles. The molecule has 4 heteroatoms. The molecule has 0 bridgehead atoms. The summed E-state index contributed by atoms with van der Waals surface area (Å²) in [6.45, 7) is 7.26. The van der Waals surface area contributed by atoms with Gasteiger partial charge >= 0.3 is 0 Å². The highest BCUT2D eigenvalue weighted by molar-refractivity contribution is 5.78. The van der Waals surface area contributed by atoms with E-state index in [2.05, 4.69) is 46.7 Å². The van der Waals surface area contributed by atoms with Gasteiger partial charge in [0.15, 0.2) is 0 Å². The second kappa shape index (κ2) is 9.35. The molecular formula is C21H33N3O. The fourth-order valence-corrected chi connectivity index (χ4v) is 4.02. The van der Waals surface area contributed by atoms with E-state index >= 15 is 0 Å². The Morgan fingerprint density at radius 1 is 1.12 bits per heavy atom. The summed E-state index contributed by atoms with van der Waals surface area (Å²) in [5, 5.41) is 6.52. The van der Waals surface area contributed by atoms with E-state index in [-0.39, 0.29) is 11.8 Å². The highest BCUT2D eigenvalue weighted by Crippen LogP contribution is 2.17. The Bertz CT molecular complexity index is 535. The highest BCUT2D eigenvalue weighted by atomic mass is 16.1. The lowest BCUT2D eigenvalue weighted by molar-refractivity contribution is -0.126. The molecule has 2 atom stereocenters. The third-order valence-corrected chi connectivity index (χ3v) is 5.59. The van der Waals surface area contributed by atoms with Crippen LogP contribution in [-0.2, 0) is 17.9 Å². The molecule has 2 saturated heterocycles. The first kappa shape index (κ1) is 18.4. The van der Waals surface area contributed by atoms with Crippen molar-refractivity contribution >= 4 is 5.91 Å². The largest absolute Gasteiger partial charge is 0.352 e. The van der Waals surface area contributed by atoms with E-state index in [0.29, 0.717) is 12.6 Å². The summed E-state index contributed by atoms with van der Waals surface area (Å²) in [5.74, 6) is 0.376. The fourth-order valence-electron chi connectivity index (χ4n) is 4.02. The Hall–Kier alpha value is -1.39. The summed E-state index contributed by atoms with van der Waals surface area (Å²) in [6, 6.07) is 9.22. The van der Waals surface area contributed by atoms with E-state index < -0.39 is 0 Å². The summed E-state index contributed by atoms with van der Waals surface area (Å²) < 4.78 is 0. The van der Waals surface area contributed by atoms with Crippen LogP contribution >= 0.6 is 0 Å². The average Bonchev–Trinajstić information content (AvgIpc) is 2.89. The van der Waals surface area contributed by atoms with Crippen LogP contribution in [-0.4, -0.2) is 36.5 Å². The van der Waals surface area contributed by atoms with Crippen LogP contribution in [0.15, 0.2) is 24.3 Å². The number of benzene rings is 1. The van der Waals surface area contributed by atoms with Crippen molar-refractivity contribution in [3.05, 3.63) is 35.4 Å². The zero-order valence-corrected chi connectivity index (χ0v) is 15.6. The Kier molecular flexibility index (Phi) is 6.88. The molecular weight excluding hydrogens is 310 g/mol. The van der Waals surface area contributed by atoms with E-state index in [1.54, 1.807) is 0 Å². The van der Waals surface area contributed by atoms with Gasteiger partial charge in [-0.3, -0.25) is 9.69 Å². The van der Waals surface area contributed by atoms with Crippen molar-refractivity contribution in [1.29, 1.82) is 0 Å². The van der Waals surface area contributed by atoms with Crippen molar-refractivity contribution in [2.75, 3.05) is 19.6 Å². The molecule has 0 aliphatic carbocycles. The minimum atomic E-state index is 0.165. The van der Waals surface area contributed by atoms with Gasteiger partial charge in [0.05, 0.1) is 0 Å². The molecule has 1 aromatic carbocycles. The van der Waals surface area contributed by atoms with Gasteiger partial charge < -0.3 is 10.6 Å². The third kappa shape index (κ3) is 5.82. The van der Waals surface area contributed by atoms with E-state index in [0.717, 1.165) is 25.9 Å². The first-order chi connectivity index (χ1) is 12.2. The van der Waals surface area contributed by atoms with Crippen molar-refractivity contribution in [3.63, 3.8) is 0 Å². The standard InChI is InChI=1S/C21H33N3O/c1-17-14-20(10-11-22-17)21(25)23-15-18-6-8-19(9-7-18)16-24-12-4-2-3-5-13-24/h6-9,17,20,22H,2-5,10-16H2,1H3,(H,23,25)/t17-,20-/m0/s1. The number of hydrogen-bond donors (Lipinski definition) is 2. The summed E-state index contributed by atoms with van der Waals surface area (Å²) >= 11 is 0. The van der Waals surface area contributed by atoms with Gasteiger partial charge in [-0.25, -0.2) is 0 Å². The number of carbonyl (C=O) groups excluding carboxylic acids is 1. The van der Waals surface area contributed by atoms with Gasteiger partial charge in [0, 0.05) is 25.0 Å². The molecule has 2 aliphatic rings. The molecule has 2 aliphatic heterocycles. The predicted molar refractivity (Wildman–Crippen MR) is 102 cm³/mol. The van der Waals surface area contributed by atoms with Crippen LogP contribution in [0.3, 0.4) is 0 Å². The number of hydrogen-bond acceptors (Lipinski definition) is 3. The van der Waals surface area contributed by atoms with Crippen molar-refractivity contribution in [3.8, 4) is 0 Å². The molecule has 2 heterocycles. The van der Waals surface area contributed by atoms with Crippen LogP contribution in [0.5, 0.6) is 0 Å². The fraction of sp³-hybridized carbons (Fsp3) is 0.667. The van der Waals surface area contributed by atoms with E-state index in [1.807, 2.05) is 0 Å². The molecule has 4 nitrogen and oxygen atoms in total. The van der Waals surface area contributed by atoms with Crippen LogP contribution < -0.4 is 10.6 Å². The molecule has 138 valence electrons. The average molecular weight is 344 g/mol. The van der Waals surface area contributed by atoms with E-state index in [1.165, 1.54) is 49.9 Å². The molecule has 3 rings (SSSR count). The van der Waals surface area contributed by atoms with Crippen molar-refractivity contribution in [2.45, 2.75) is 64.6 Å². The van der Waals surface area contributed by atoms with Crippen LogP contribution in [0, 0.1) is 5.92 Å². The number of carbonyl (C=O) groups is 1. The molecule has 0 saturated carbocycles. The van der Waals surface area contributed by atoms with Crippen LogP contribution in [0.1, 0.15) is 56.6 Å². The van der Waals surface area contributed by atoms with E-state index in [9.17, 15) is 4.79 Å². The Morgan fingerprint density at radius 3 is 2.48 bits per heavy atom. The van der Waals surface area contributed by atoms with Gasteiger partial charge in [0.25, 0.3) is 0 Å². The van der Waals surface area contributed by atoms with Crippen LogP contribution in [0.4, 0.5) is 0 Å². The minimum absolute atomic E-state index is 0.165. The Balaban J connectivity index is 1.44. The third-order valence-electron chi connectivity index (χ3n) is 5.59. The molecule has 2 fully saturated rings. The molecule has 1 aromatic rings. The second-order valence-corrected chi connectivity index (χ2v) is 7.80. The van der Waals surface area contributed by atoms with Gasteiger partial charge in [-0.05, 0) is 63.4 Å². The summed E-state index contributed by atoms with van der Waals surface area (Å²) in [7, 11) is 0. The first-order valence-electron chi connectivity index (χ1n) is 10.0. The SMILES string of the molecule is C[C@H]1C[C@@H](C(=O)NCc2ccc(CN3CCCCCC3)cc2)CCN1.